The average molecular weight is 376 g/mol. The van der Waals surface area contributed by atoms with Crippen LogP contribution in [0.15, 0.2) is 28.2 Å². The van der Waals surface area contributed by atoms with Gasteiger partial charge in [-0.3, -0.25) is 4.79 Å². The molecule has 0 aliphatic rings. The number of amides is 1. The summed E-state index contributed by atoms with van der Waals surface area (Å²) in [7, 11) is 1.81. The van der Waals surface area contributed by atoms with Gasteiger partial charge in [-0.25, -0.2) is 0 Å². The van der Waals surface area contributed by atoms with Gasteiger partial charge in [0.1, 0.15) is 5.69 Å². The molecule has 6 heteroatoms. The standard InChI is InChI=1S/C14H16BrClN2OS/c1-9(2)18-6-11(16)5-13(18)14(19)17(3)7-12-4-10(15)8-20-12/h4-6,8-9H,7H2,1-3H3. The van der Waals surface area contributed by atoms with Crippen LogP contribution >= 0.6 is 38.9 Å². The van der Waals surface area contributed by atoms with E-state index in [1.807, 2.05) is 36.9 Å². The molecule has 2 rings (SSSR count). The number of halogens is 2. The van der Waals surface area contributed by atoms with Crippen LogP contribution in [0.1, 0.15) is 35.3 Å². The summed E-state index contributed by atoms with van der Waals surface area (Å²) in [6.45, 7) is 4.66. The Morgan fingerprint density at radius 2 is 2.20 bits per heavy atom. The molecule has 0 atom stereocenters. The van der Waals surface area contributed by atoms with Crippen molar-refractivity contribution in [2.45, 2.75) is 26.4 Å². The van der Waals surface area contributed by atoms with Crippen molar-refractivity contribution in [1.29, 1.82) is 0 Å². The SMILES string of the molecule is CC(C)n1cc(Cl)cc1C(=O)N(C)Cc1cc(Br)cs1. The molecule has 0 bridgehead atoms. The van der Waals surface area contributed by atoms with Gasteiger partial charge < -0.3 is 9.47 Å². The minimum atomic E-state index is -0.0184. The van der Waals surface area contributed by atoms with Gasteiger partial charge in [0.05, 0.1) is 11.6 Å². The second-order valence-electron chi connectivity index (χ2n) is 4.94. The van der Waals surface area contributed by atoms with Crippen LogP contribution in [0.2, 0.25) is 5.02 Å². The average Bonchev–Trinajstić information content (AvgIpc) is 2.94. The quantitative estimate of drug-likeness (QED) is 0.752. The zero-order chi connectivity index (χ0) is 14.9. The first kappa shape index (κ1) is 15.6. The Morgan fingerprint density at radius 1 is 1.50 bits per heavy atom. The maximum Gasteiger partial charge on any atom is 0.270 e. The topological polar surface area (TPSA) is 25.2 Å². The Bertz CT molecular complexity index is 620. The summed E-state index contributed by atoms with van der Waals surface area (Å²) in [6, 6.07) is 3.96. The predicted octanol–water partition coefficient (Wildman–Crippen LogP) is 4.82. The van der Waals surface area contributed by atoms with Gasteiger partial charge in [0.15, 0.2) is 0 Å². The highest BCUT2D eigenvalue weighted by Crippen LogP contribution is 2.23. The predicted molar refractivity (Wildman–Crippen MR) is 87.6 cm³/mol. The largest absolute Gasteiger partial charge is 0.339 e. The van der Waals surface area contributed by atoms with E-state index in [9.17, 15) is 4.79 Å². The third-order valence-electron chi connectivity index (χ3n) is 2.95. The summed E-state index contributed by atoms with van der Waals surface area (Å²) in [5.41, 5.74) is 0.628. The van der Waals surface area contributed by atoms with Crippen molar-refractivity contribution in [2.24, 2.45) is 0 Å². The number of hydrogen-bond acceptors (Lipinski definition) is 2. The fraction of sp³-hybridized carbons (Fsp3) is 0.357. The van der Waals surface area contributed by atoms with E-state index in [2.05, 4.69) is 15.9 Å². The Labute approximate surface area is 136 Å². The molecule has 2 heterocycles. The van der Waals surface area contributed by atoms with Crippen LogP contribution < -0.4 is 0 Å². The minimum absolute atomic E-state index is 0.0184. The molecule has 0 saturated heterocycles. The summed E-state index contributed by atoms with van der Waals surface area (Å²) in [4.78, 5) is 15.4. The Balaban J connectivity index is 2.18. The molecular formula is C14H16BrClN2OS. The van der Waals surface area contributed by atoms with Crippen molar-refractivity contribution in [3.63, 3.8) is 0 Å². The molecule has 0 saturated carbocycles. The van der Waals surface area contributed by atoms with Crippen LogP contribution in [0.5, 0.6) is 0 Å². The minimum Gasteiger partial charge on any atom is -0.339 e. The Hall–Kier alpha value is -0.780. The second kappa shape index (κ2) is 6.33. The summed E-state index contributed by atoms with van der Waals surface area (Å²) < 4.78 is 2.96. The lowest BCUT2D eigenvalue weighted by molar-refractivity contribution is 0.0774. The molecule has 0 fully saturated rings. The van der Waals surface area contributed by atoms with E-state index in [1.165, 1.54) is 0 Å². The maximum atomic E-state index is 12.5. The highest BCUT2D eigenvalue weighted by molar-refractivity contribution is 9.10. The lowest BCUT2D eigenvalue weighted by Gasteiger charge is -2.19. The first-order valence-electron chi connectivity index (χ1n) is 6.24. The van der Waals surface area contributed by atoms with Crippen molar-refractivity contribution < 1.29 is 4.79 Å². The fourth-order valence-corrected chi connectivity index (χ4v) is 3.69. The van der Waals surface area contributed by atoms with Crippen LogP contribution in [-0.2, 0) is 6.54 Å². The summed E-state index contributed by atoms with van der Waals surface area (Å²) in [5, 5.41) is 2.61. The highest BCUT2D eigenvalue weighted by Gasteiger charge is 2.19. The zero-order valence-corrected chi connectivity index (χ0v) is 14.7. The number of carbonyl (C=O) groups excluding carboxylic acids is 1. The zero-order valence-electron chi connectivity index (χ0n) is 11.6. The van der Waals surface area contributed by atoms with E-state index in [0.29, 0.717) is 17.3 Å². The molecule has 0 aliphatic heterocycles. The maximum absolute atomic E-state index is 12.5. The van der Waals surface area contributed by atoms with E-state index in [4.69, 9.17) is 11.6 Å². The van der Waals surface area contributed by atoms with Crippen molar-refractivity contribution >= 4 is 44.8 Å². The van der Waals surface area contributed by atoms with Gasteiger partial charge in [-0.05, 0) is 41.9 Å². The Kier molecular flexibility index (Phi) is 4.94. The van der Waals surface area contributed by atoms with Crippen molar-refractivity contribution in [2.75, 3.05) is 7.05 Å². The van der Waals surface area contributed by atoms with E-state index >= 15 is 0 Å². The molecule has 0 aromatic carbocycles. The van der Waals surface area contributed by atoms with Gasteiger partial charge in [0, 0.05) is 34.0 Å². The summed E-state index contributed by atoms with van der Waals surface area (Å²) >= 11 is 11.1. The fourth-order valence-electron chi connectivity index (χ4n) is 1.98. The normalized spacial score (nSPS) is 11.1. The van der Waals surface area contributed by atoms with Crippen LogP contribution in [-0.4, -0.2) is 22.4 Å². The van der Waals surface area contributed by atoms with E-state index in [0.717, 1.165) is 9.35 Å². The third-order valence-corrected chi connectivity index (χ3v) is 4.84. The number of aromatic nitrogens is 1. The molecule has 1 amide bonds. The van der Waals surface area contributed by atoms with E-state index in [-0.39, 0.29) is 11.9 Å². The second-order valence-corrected chi connectivity index (χ2v) is 7.28. The summed E-state index contributed by atoms with van der Waals surface area (Å²) in [6.07, 6.45) is 1.80. The van der Waals surface area contributed by atoms with Gasteiger partial charge in [-0.15, -0.1) is 11.3 Å². The van der Waals surface area contributed by atoms with E-state index < -0.39 is 0 Å². The van der Waals surface area contributed by atoms with Crippen molar-refractivity contribution in [1.82, 2.24) is 9.47 Å². The number of carbonyl (C=O) groups is 1. The van der Waals surface area contributed by atoms with Gasteiger partial charge in [-0.2, -0.15) is 0 Å². The summed E-state index contributed by atoms with van der Waals surface area (Å²) in [5.74, 6) is -0.0184. The number of nitrogens with zero attached hydrogens (tertiary/aromatic N) is 2. The van der Waals surface area contributed by atoms with Crippen LogP contribution in [0, 0.1) is 0 Å². The third kappa shape index (κ3) is 3.45. The van der Waals surface area contributed by atoms with Gasteiger partial charge >= 0.3 is 0 Å². The van der Waals surface area contributed by atoms with Gasteiger partial charge in [0.2, 0.25) is 0 Å². The van der Waals surface area contributed by atoms with Gasteiger partial charge in [-0.1, -0.05) is 11.6 Å². The molecule has 2 aromatic heterocycles. The highest BCUT2D eigenvalue weighted by atomic mass is 79.9. The molecule has 0 unspecified atom stereocenters. The van der Waals surface area contributed by atoms with Gasteiger partial charge in [0.25, 0.3) is 5.91 Å². The van der Waals surface area contributed by atoms with Crippen LogP contribution in [0.4, 0.5) is 0 Å². The lowest BCUT2D eigenvalue weighted by Crippen LogP contribution is -2.28. The molecule has 2 aromatic rings. The number of rotatable bonds is 4. The molecule has 0 spiro atoms. The van der Waals surface area contributed by atoms with Crippen LogP contribution in [0.25, 0.3) is 0 Å². The molecule has 108 valence electrons. The molecular weight excluding hydrogens is 360 g/mol. The smallest absolute Gasteiger partial charge is 0.270 e. The number of hydrogen-bond donors (Lipinski definition) is 0. The van der Waals surface area contributed by atoms with Crippen molar-refractivity contribution in [3.05, 3.63) is 43.8 Å². The van der Waals surface area contributed by atoms with E-state index in [1.54, 1.807) is 28.5 Å². The monoisotopic (exact) mass is 374 g/mol. The van der Waals surface area contributed by atoms with Crippen LogP contribution in [0.3, 0.4) is 0 Å². The molecule has 0 radical (unpaired) electrons. The first-order valence-corrected chi connectivity index (χ1v) is 8.29. The molecule has 0 N–H and O–H groups in total. The Morgan fingerprint density at radius 3 is 2.75 bits per heavy atom. The van der Waals surface area contributed by atoms with Crippen molar-refractivity contribution in [3.8, 4) is 0 Å². The number of thiophene rings is 1. The molecule has 3 nitrogen and oxygen atoms in total. The first-order chi connectivity index (χ1) is 9.38. The molecule has 20 heavy (non-hydrogen) atoms. The molecule has 0 aliphatic carbocycles. The lowest BCUT2D eigenvalue weighted by atomic mass is 10.3.